The lowest BCUT2D eigenvalue weighted by Crippen LogP contribution is -2.22. The van der Waals surface area contributed by atoms with Crippen LogP contribution in [0.25, 0.3) is 0 Å². The zero-order valence-corrected chi connectivity index (χ0v) is 24.0. The Balaban J connectivity index is 1.35. The Morgan fingerprint density at radius 2 is 1.81 bits per heavy atom. The van der Waals surface area contributed by atoms with E-state index in [0.717, 1.165) is 5.56 Å². The molecule has 0 aromatic heterocycles. The molecule has 0 saturated carbocycles. The highest BCUT2D eigenvalue weighted by Crippen LogP contribution is 2.45. The van der Waals surface area contributed by atoms with Gasteiger partial charge in [-0.15, -0.1) is 0 Å². The first-order valence-corrected chi connectivity index (χ1v) is 13.5. The SMILES string of the molecule is COc1cc(C2C(C#N)=C(N)Oc3cc(OC(=O)COc4ccc(Cl)c(C)c4)ccc32)ccc1OCc1ccccc1F. The second kappa shape index (κ2) is 12.8. The van der Waals surface area contributed by atoms with Crippen molar-refractivity contribution in [2.24, 2.45) is 5.73 Å². The molecule has 0 radical (unpaired) electrons. The van der Waals surface area contributed by atoms with Gasteiger partial charge in [-0.1, -0.05) is 41.9 Å². The lowest BCUT2D eigenvalue weighted by atomic mass is 9.83. The van der Waals surface area contributed by atoms with E-state index in [4.69, 9.17) is 41.0 Å². The summed E-state index contributed by atoms with van der Waals surface area (Å²) in [6.07, 6.45) is 0. The number of hydrogen-bond donors (Lipinski definition) is 1. The van der Waals surface area contributed by atoms with Crippen LogP contribution < -0.4 is 29.4 Å². The quantitative estimate of drug-likeness (QED) is 0.169. The molecule has 0 amide bonds. The van der Waals surface area contributed by atoms with E-state index in [-0.39, 0.29) is 36.2 Å². The van der Waals surface area contributed by atoms with E-state index < -0.39 is 11.9 Å². The van der Waals surface area contributed by atoms with Crippen LogP contribution in [0.4, 0.5) is 4.39 Å². The molecule has 1 aliphatic rings. The minimum Gasteiger partial charge on any atom is -0.493 e. The molecular weight excluding hydrogens is 575 g/mol. The number of nitrogens with zero attached hydrogens (tertiary/aromatic N) is 1. The molecular formula is C33H26ClFN2O6. The number of halogens is 2. The topological polar surface area (TPSA) is 113 Å². The van der Waals surface area contributed by atoms with Gasteiger partial charge in [-0.25, -0.2) is 9.18 Å². The smallest absolute Gasteiger partial charge is 0.349 e. The predicted molar refractivity (Wildman–Crippen MR) is 157 cm³/mol. The van der Waals surface area contributed by atoms with Crippen LogP contribution in [0.3, 0.4) is 0 Å². The monoisotopic (exact) mass is 600 g/mol. The van der Waals surface area contributed by atoms with Crippen LogP contribution in [0, 0.1) is 24.1 Å². The number of esters is 1. The van der Waals surface area contributed by atoms with Gasteiger partial charge in [0.15, 0.2) is 18.1 Å². The van der Waals surface area contributed by atoms with Crippen molar-refractivity contribution in [2.75, 3.05) is 13.7 Å². The van der Waals surface area contributed by atoms with Crippen molar-refractivity contribution < 1.29 is 32.9 Å². The number of aryl methyl sites for hydroxylation is 1. The molecule has 1 heterocycles. The third-order valence-electron chi connectivity index (χ3n) is 6.77. The lowest BCUT2D eigenvalue weighted by Gasteiger charge is -2.27. The standard InChI is InChI=1S/C33H26ClFN2O6/c1-19-13-22(9-11-26(19)34)40-18-31(38)42-23-8-10-24-29(15-23)43-33(37)25(16-36)32(24)20-7-12-28(30(14-20)39-2)41-17-21-5-3-4-6-27(21)35/h3-15,32H,17-18,37H2,1-2H3. The Hall–Kier alpha value is -5.20. The van der Waals surface area contributed by atoms with Gasteiger partial charge in [-0.2, -0.15) is 5.26 Å². The highest BCUT2D eigenvalue weighted by atomic mass is 35.5. The van der Waals surface area contributed by atoms with Crippen molar-refractivity contribution in [3.63, 3.8) is 0 Å². The number of methoxy groups -OCH3 is 1. The van der Waals surface area contributed by atoms with E-state index in [1.807, 2.05) is 6.92 Å². The number of carbonyl (C=O) groups excluding carboxylic acids is 1. The third-order valence-corrected chi connectivity index (χ3v) is 7.19. The molecule has 2 N–H and O–H groups in total. The summed E-state index contributed by atoms with van der Waals surface area (Å²) < 4.78 is 42.2. The number of ether oxygens (including phenoxy) is 5. The molecule has 0 aliphatic carbocycles. The molecule has 1 atom stereocenters. The highest BCUT2D eigenvalue weighted by molar-refractivity contribution is 6.31. The first-order valence-electron chi connectivity index (χ1n) is 13.1. The van der Waals surface area contributed by atoms with Crippen molar-refractivity contribution in [1.29, 1.82) is 5.26 Å². The van der Waals surface area contributed by atoms with Gasteiger partial charge >= 0.3 is 5.97 Å². The molecule has 4 aromatic carbocycles. The fourth-order valence-electron chi connectivity index (χ4n) is 4.61. The van der Waals surface area contributed by atoms with E-state index in [1.165, 1.54) is 19.2 Å². The average Bonchev–Trinajstić information content (AvgIpc) is 3.00. The Bertz CT molecular complexity index is 1770. The van der Waals surface area contributed by atoms with Crippen molar-refractivity contribution >= 4 is 17.6 Å². The zero-order valence-electron chi connectivity index (χ0n) is 23.2. The number of allylic oxidation sites excluding steroid dienone is 1. The Kier molecular flexibility index (Phi) is 8.69. The van der Waals surface area contributed by atoms with E-state index in [1.54, 1.807) is 66.7 Å². The zero-order chi connectivity index (χ0) is 30.5. The van der Waals surface area contributed by atoms with Crippen molar-refractivity contribution in [3.05, 3.63) is 123 Å². The number of fused-ring (bicyclic) bond motifs is 1. The Labute approximate surface area is 252 Å². The minimum absolute atomic E-state index is 0.00462. The summed E-state index contributed by atoms with van der Waals surface area (Å²) >= 11 is 6.04. The number of benzene rings is 4. The maximum absolute atomic E-state index is 14.1. The maximum atomic E-state index is 14.1. The summed E-state index contributed by atoms with van der Waals surface area (Å²) in [5.74, 6) is 0.114. The van der Waals surface area contributed by atoms with E-state index >= 15 is 0 Å². The van der Waals surface area contributed by atoms with Gasteiger partial charge in [-0.3, -0.25) is 0 Å². The fraction of sp³-hybridized carbons (Fsp3) is 0.152. The van der Waals surface area contributed by atoms with Crippen LogP contribution in [0.1, 0.15) is 28.2 Å². The molecule has 10 heteroatoms. The van der Waals surface area contributed by atoms with Gasteiger partial charge < -0.3 is 29.4 Å². The summed E-state index contributed by atoms with van der Waals surface area (Å²) in [4.78, 5) is 12.5. The van der Waals surface area contributed by atoms with Crippen molar-refractivity contribution in [2.45, 2.75) is 19.4 Å². The molecule has 0 fully saturated rings. The number of rotatable bonds is 9. The van der Waals surface area contributed by atoms with E-state index in [0.29, 0.717) is 44.7 Å². The number of nitrogens with two attached hydrogens (primary N) is 1. The normalized spacial score (nSPS) is 13.8. The molecule has 0 spiro atoms. The predicted octanol–water partition coefficient (Wildman–Crippen LogP) is 6.58. The first kappa shape index (κ1) is 29.3. The van der Waals surface area contributed by atoms with Crippen LogP contribution >= 0.6 is 11.6 Å². The Morgan fingerprint density at radius 1 is 1.02 bits per heavy atom. The molecule has 43 heavy (non-hydrogen) atoms. The van der Waals surface area contributed by atoms with Gasteiger partial charge in [0.2, 0.25) is 5.88 Å². The van der Waals surface area contributed by atoms with Gasteiger partial charge in [0, 0.05) is 22.2 Å². The summed E-state index contributed by atoms with van der Waals surface area (Å²) in [6, 6.07) is 23.6. The molecule has 1 aliphatic heterocycles. The second-order valence-electron chi connectivity index (χ2n) is 9.59. The molecule has 0 saturated heterocycles. The van der Waals surface area contributed by atoms with Crippen LogP contribution in [0.5, 0.6) is 28.7 Å². The largest absolute Gasteiger partial charge is 0.493 e. The number of carbonyl (C=O) groups is 1. The summed E-state index contributed by atoms with van der Waals surface area (Å²) in [5.41, 5.74) is 8.87. The summed E-state index contributed by atoms with van der Waals surface area (Å²) in [7, 11) is 1.49. The number of hydrogen-bond acceptors (Lipinski definition) is 8. The maximum Gasteiger partial charge on any atom is 0.349 e. The van der Waals surface area contributed by atoms with Crippen LogP contribution in [0.15, 0.2) is 90.3 Å². The minimum atomic E-state index is -0.628. The van der Waals surface area contributed by atoms with E-state index in [9.17, 15) is 14.4 Å². The lowest BCUT2D eigenvalue weighted by molar-refractivity contribution is -0.136. The molecule has 8 nitrogen and oxygen atoms in total. The van der Waals surface area contributed by atoms with Gasteiger partial charge in [0.1, 0.15) is 41.3 Å². The molecule has 4 aromatic rings. The van der Waals surface area contributed by atoms with Gasteiger partial charge in [0.25, 0.3) is 0 Å². The van der Waals surface area contributed by atoms with Crippen molar-refractivity contribution in [1.82, 2.24) is 0 Å². The van der Waals surface area contributed by atoms with Gasteiger partial charge in [0.05, 0.1) is 13.0 Å². The highest BCUT2D eigenvalue weighted by Gasteiger charge is 2.32. The second-order valence-corrected chi connectivity index (χ2v) is 10.00. The van der Waals surface area contributed by atoms with E-state index in [2.05, 4.69) is 6.07 Å². The number of nitriles is 1. The first-order chi connectivity index (χ1) is 20.8. The Morgan fingerprint density at radius 3 is 2.56 bits per heavy atom. The summed E-state index contributed by atoms with van der Waals surface area (Å²) in [6.45, 7) is 1.51. The van der Waals surface area contributed by atoms with Crippen molar-refractivity contribution in [3.8, 4) is 34.8 Å². The average molecular weight is 601 g/mol. The molecule has 0 bridgehead atoms. The van der Waals surface area contributed by atoms with Gasteiger partial charge in [-0.05, 0) is 60.5 Å². The summed E-state index contributed by atoms with van der Waals surface area (Å²) in [5, 5.41) is 10.5. The molecule has 1 unspecified atom stereocenters. The molecule has 5 rings (SSSR count). The van der Waals surface area contributed by atoms with Crippen LogP contribution in [-0.2, 0) is 11.4 Å². The third kappa shape index (κ3) is 6.50. The van der Waals surface area contributed by atoms with Crippen LogP contribution in [0.2, 0.25) is 5.02 Å². The fourth-order valence-corrected chi connectivity index (χ4v) is 4.72. The molecule has 218 valence electrons. The van der Waals surface area contributed by atoms with Crippen LogP contribution in [-0.4, -0.2) is 19.7 Å².